The molecule has 2 N–H and O–H groups in total. The van der Waals surface area contributed by atoms with Crippen molar-refractivity contribution in [3.63, 3.8) is 0 Å². The third kappa shape index (κ3) is 3.83. The Labute approximate surface area is 118 Å². The zero-order valence-electron chi connectivity index (χ0n) is 11.9. The Bertz CT molecular complexity index is 364. The largest absolute Gasteiger partial charge is 0.480 e. The smallest absolute Gasteiger partial charge is 0.328 e. The standard InChI is InChI=1S/C13H23N3O4/c1-15-4-2-3-10(8-15)7-14-13(19)16-5-6-20-9-11(16)12(17)18/h10-11H,2-9H2,1H3,(H,14,19)(H,17,18). The van der Waals surface area contributed by atoms with Crippen molar-refractivity contribution in [2.45, 2.75) is 18.9 Å². The van der Waals surface area contributed by atoms with E-state index in [1.54, 1.807) is 0 Å². The normalized spacial score (nSPS) is 28.1. The molecule has 0 aromatic rings. The third-order valence-electron chi connectivity index (χ3n) is 3.94. The number of piperidine rings is 1. The van der Waals surface area contributed by atoms with Crippen molar-refractivity contribution in [3.8, 4) is 0 Å². The maximum Gasteiger partial charge on any atom is 0.328 e. The van der Waals surface area contributed by atoms with Crippen LogP contribution in [0.4, 0.5) is 4.79 Å². The lowest BCUT2D eigenvalue weighted by Crippen LogP contribution is -2.56. The van der Waals surface area contributed by atoms with Crippen molar-refractivity contribution in [2.24, 2.45) is 5.92 Å². The molecule has 2 aliphatic rings. The minimum Gasteiger partial charge on any atom is -0.480 e. The summed E-state index contributed by atoms with van der Waals surface area (Å²) in [6.07, 6.45) is 2.25. The lowest BCUT2D eigenvalue weighted by atomic mass is 9.98. The van der Waals surface area contributed by atoms with E-state index in [4.69, 9.17) is 9.84 Å². The molecule has 0 bridgehead atoms. The summed E-state index contributed by atoms with van der Waals surface area (Å²) in [4.78, 5) is 26.8. The Kier molecular flexibility index (Phi) is 5.19. The van der Waals surface area contributed by atoms with Gasteiger partial charge in [0.25, 0.3) is 0 Å². The molecule has 2 amide bonds. The summed E-state index contributed by atoms with van der Waals surface area (Å²) in [6, 6.07) is -1.17. The molecule has 0 aromatic carbocycles. The number of ether oxygens (including phenoxy) is 1. The number of carboxylic acids is 1. The molecule has 2 atom stereocenters. The monoisotopic (exact) mass is 285 g/mol. The molecular weight excluding hydrogens is 262 g/mol. The molecule has 0 saturated carbocycles. The summed E-state index contributed by atoms with van der Waals surface area (Å²) in [5, 5.41) is 12.0. The molecule has 2 fully saturated rings. The van der Waals surface area contributed by atoms with Crippen molar-refractivity contribution < 1.29 is 19.4 Å². The number of amides is 2. The number of rotatable bonds is 3. The lowest BCUT2D eigenvalue weighted by molar-refractivity contribution is -0.147. The van der Waals surface area contributed by atoms with Crippen LogP contribution >= 0.6 is 0 Å². The summed E-state index contributed by atoms with van der Waals surface area (Å²) >= 11 is 0. The van der Waals surface area contributed by atoms with Crippen LogP contribution in [-0.4, -0.2) is 79.4 Å². The van der Waals surface area contributed by atoms with Crippen LogP contribution in [0.3, 0.4) is 0 Å². The fourth-order valence-corrected chi connectivity index (χ4v) is 2.82. The molecule has 2 rings (SSSR count). The van der Waals surface area contributed by atoms with Gasteiger partial charge in [0.1, 0.15) is 0 Å². The Morgan fingerprint density at radius 2 is 2.20 bits per heavy atom. The molecule has 114 valence electrons. The summed E-state index contributed by atoms with van der Waals surface area (Å²) in [7, 11) is 2.08. The molecule has 2 heterocycles. The van der Waals surface area contributed by atoms with Crippen molar-refractivity contribution in [1.82, 2.24) is 15.1 Å². The number of hydrogen-bond donors (Lipinski definition) is 2. The highest BCUT2D eigenvalue weighted by molar-refractivity contribution is 5.83. The van der Waals surface area contributed by atoms with E-state index < -0.39 is 12.0 Å². The predicted molar refractivity (Wildman–Crippen MR) is 72.6 cm³/mol. The van der Waals surface area contributed by atoms with Gasteiger partial charge < -0.3 is 25.0 Å². The summed E-state index contributed by atoms with van der Waals surface area (Å²) < 4.78 is 5.12. The van der Waals surface area contributed by atoms with E-state index in [0.29, 0.717) is 25.6 Å². The third-order valence-corrected chi connectivity index (χ3v) is 3.94. The molecule has 7 heteroatoms. The second-order valence-corrected chi connectivity index (χ2v) is 5.58. The fraction of sp³-hybridized carbons (Fsp3) is 0.846. The van der Waals surface area contributed by atoms with Crippen LogP contribution in [0, 0.1) is 5.92 Å². The van der Waals surface area contributed by atoms with Crippen LogP contribution < -0.4 is 5.32 Å². The molecule has 7 nitrogen and oxygen atoms in total. The topological polar surface area (TPSA) is 82.1 Å². The average molecular weight is 285 g/mol. The van der Waals surface area contributed by atoms with Gasteiger partial charge in [0, 0.05) is 19.6 Å². The summed E-state index contributed by atoms with van der Waals surface area (Å²) in [5.41, 5.74) is 0. The number of morpholine rings is 1. The molecule has 2 saturated heterocycles. The highest BCUT2D eigenvalue weighted by Gasteiger charge is 2.33. The Hall–Kier alpha value is -1.34. The first-order valence-corrected chi connectivity index (χ1v) is 7.11. The van der Waals surface area contributed by atoms with Crippen LogP contribution in [0.15, 0.2) is 0 Å². The Morgan fingerprint density at radius 3 is 2.90 bits per heavy atom. The molecule has 20 heavy (non-hydrogen) atoms. The molecule has 0 aromatic heterocycles. The molecule has 0 radical (unpaired) electrons. The molecule has 2 unspecified atom stereocenters. The van der Waals surface area contributed by atoms with Gasteiger partial charge >= 0.3 is 12.0 Å². The minimum atomic E-state index is -1.02. The quantitative estimate of drug-likeness (QED) is 0.752. The van der Waals surface area contributed by atoms with E-state index in [-0.39, 0.29) is 12.6 Å². The van der Waals surface area contributed by atoms with Crippen LogP contribution in [0.25, 0.3) is 0 Å². The van der Waals surface area contributed by atoms with E-state index in [9.17, 15) is 9.59 Å². The Morgan fingerprint density at radius 1 is 1.40 bits per heavy atom. The zero-order chi connectivity index (χ0) is 14.5. The van der Waals surface area contributed by atoms with E-state index in [1.165, 1.54) is 4.90 Å². The first-order valence-electron chi connectivity index (χ1n) is 7.11. The van der Waals surface area contributed by atoms with Gasteiger partial charge in [-0.1, -0.05) is 0 Å². The number of aliphatic carboxylic acids is 1. The van der Waals surface area contributed by atoms with Crippen LogP contribution in [0.5, 0.6) is 0 Å². The van der Waals surface area contributed by atoms with Gasteiger partial charge in [-0.2, -0.15) is 0 Å². The van der Waals surface area contributed by atoms with Gasteiger partial charge in [-0.3, -0.25) is 0 Å². The fourth-order valence-electron chi connectivity index (χ4n) is 2.82. The van der Waals surface area contributed by atoms with Gasteiger partial charge in [-0.15, -0.1) is 0 Å². The van der Waals surface area contributed by atoms with Gasteiger partial charge in [-0.25, -0.2) is 9.59 Å². The van der Waals surface area contributed by atoms with Crippen LogP contribution in [-0.2, 0) is 9.53 Å². The lowest BCUT2D eigenvalue weighted by Gasteiger charge is -2.34. The SMILES string of the molecule is CN1CCCC(CNC(=O)N2CCOCC2C(=O)O)C1. The average Bonchev–Trinajstić information content (AvgIpc) is 2.45. The number of hydrogen-bond acceptors (Lipinski definition) is 4. The number of likely N-dealkylation sites (tertiary alicyclic amines) is 1. The molecular formula is C13H23N3O4. The van der Waals surface area contributed by atoms with Crippen molar-refractivity contribution in [2.75, 3.05) is 46.4 Å². The zero-order valence-corrected chi connectivity index (χ0v) is 11.9. The first kappa shape index (κ1) is 15.1. The van der Waals surface area contributed by atoms with Gasteiger partial charge in [0.2, 0.25) is 0 Å². The molecule has 0 spiro atoms. The number of nitrogens with one attached hydrogen (secondary N) is 1. The Balaban J connectivity index is 1.82. The van der Waals surface area contributed by atoms with E-state index in [0.717, 1.165) is 25.9 Å². The second-order valence-electron chi connectivity index (χ2n) is 5.58. The van der Waals surface area contributed by atoms with Crippen LogP contribution in [0.2, 0.25) is 0 Å². The number of carbonyl (C=O) groups excluding carboxylic acids is 1. The molecule has 0 aliphatic carbocycles. The van der Waals surface area contributed by atoms with Crippen molar-refractivity contribution >= 4 is 12.0 Å². The number of carboxylic acid groups (broad SMARTS) is 1. The van der Waals surface area contributed by atoms with Gasteiger partial charge in [0.15, 0.2) is 6.04 Å². The number of carbonyl (C=O) groups is 2. The predicted octanol–water partition coefficient (Wildman–Crippen LogP) is -0.177. The molecule has 2 aliphatic heterocycles. The summed E-state index contributed by atoms with van der Waals surface area (Å²) in [5.74, 6) is -0.570. The maximum atomic E-state index is 12.1. The van der Waals surface area contributed by atoms with Crippen molar-refractivity contribution in [1.29, 1.82) is 0 Å². The first-order chi connectivity index (χ1) is 9.58. The highest BCUT2D eigenvalue weighted by atomic mass is 16.5. The van der Waals surface area contributed by atoms with E-state index >= 15 is 0 Å². The number of urea groups is 1. The van der Waals surface area contributed by atoms with E-state index in [2.05, 4.69) is 17.3 Å². The van der Waals surface area contributed by atoms with Crippen molar-refractivity contribution in [3.05, 3.63) is 0 Å². The summed E-state index contributed by atoms with van der Waals surface area (Å²) in [6.45, 7) is 3.47. The minimum absolute atomic E-state index is 0.0644. The second kappa shape index (κ2) is 6.90. The van der Waals surface area contributed by atoms with E-state index in [1.807, 2.05) is 0 Å². The van der Waals surface area contributed by atoms with Crippen LogP contribution in [0.1, 0.15) is 12.8 Å². The van der Waals surface area contributed by atoms with Gasteiger partial charge in [0.05, 0.1) is 13.2 Å². The highest BCUT2D eigenvalue weighted by Crippen LogP contribution is 2.14. The van der Waals surface area contributed by atoms with Gasteiger partial charge in [-0.05, 0) is 32.4 Å². The maximum absolute atomic E-state index is 12.1. The number of nitrogens with zero attached hydrogens (tertiary/aromatic N) is 2.